The normalized spacial score (nSPS) is 16.0. The zero-order valence-corrected chi connectivity index (χ0v) is 18.2. The Hall–Kier alpha value is -2.15. The Morgan fingerprint density at radius 2 is 1.87 bits per heavy atom. The third kappa shape index (κ3) is 5.31. The molecule has 6 nitrogen and oxygen atoms in total. The van der Waals surface area contributed by atoms with Crippen LogP contribution in [0.2, 0.25) is 10.0 Å². The van der Waals surface area contributed by atoms with Crippen molar-refractivity contribution in [1.82, 2.24) is 4.90 Å². The van der Waals surface area contributed by atoms with Gasteiger partial charge >= 0.3 is 0 Å². The zero-order valence-electron chi connectivity index (χ0n) is 16.7. The first-order valence-corrected chi connectivity index (χ1v) is 10.9. The SMILES string of the molecule is O=C(CCCOc1ccc(Cl)cc1Cl)N1CC[NH+](Cc2ccc3c(c2)OCO3)CC1. The van der Waals surface area contributed by atoms with Gasteiger partial charge in [0.25, 0.3) is 0 Å². The number of ether oxygens (including phenoxy) is 3. The van der Waals surface area contributed by atoms with Crippen molar-refractivity contribution in [3.8, 4) is 17.2 Å². The summed E-state index contributed by atoms with van der Waals surface area (Å²) in [6.45, 7) is 5.11. The van der Waals surface area contributed by atoms with Crippen LogP contribution in [-0.2, 0) is 11.3 Å². The molecule has 0 saturated carbocycles. The number of quaternary nitrogens is 1. The number of fused-ring (bicyclic) bond motifs is 1. The second-order valence-corrected chi connectivity index (χ2v) is 8.37. The lowest BCUT2D eigenvalue weighted by Crippen LogP contribution is -3.13. The summed E-state index contributed by atoms with van der Waals surface area (Å²) in [6.07, 6.45) is 1.13. The van der Waals surface area contributed by atoms with Crippen LogP contribution in [0, 0.1) is 0 Å². The first-order chi connectivity index (χ1) is 14.6. The Bertz CT molecular complexity index is 901. The summed E-state index contributed by atoms with van der Waals surface area (Å²) in [4.78, 5) is 15.9. The second kappa shape index (κ2) is 9.77. The van der Waals surface area contributed by atoms with Crippen molar-refractivity contribution >= 4 is 29.1 Å². The fraction of sp³-hybridized carbons (Fsp3) is 0.409. The number of benzene rings is 2. The summed E-state index contributed by atoms with van der Waals surface area (Å²) in [6, 6.07) is 11.2. The highest BCUT2D eigenvalue weighted by Gasteiger charge is 2.24. The van der Waals surface area contributed by atoms with E-state index in [9.17, 15) is 4.79 Å². The fourth-order valence-corrected chi connectivity index (χ4v) is 4.21. The van der Waals surface area contributed by atoms with Crippen LogP contribution in [-0.4, -0.2) is 50.4 Å². The maximum Gasteiger partial charge on any atom is 0.231 e. The smallest absolute Gasteiger partial charge is 0.231 e. The fourth-order valence-electron chi connectivity index (χ4n) is 3.74. The summed E-state index contributed by atoms with van der Waals surface area (Å²) in [5.74, 6) is 2.41. The van der Waals surface area contributed by atoms with Gasteiger partial charge in [-0.1, -0.05) is 23.2 Å². The van der Waals surface area contributed by atoms with Crippen molar-refractivity contribution in [3.63, 3.8) is 0 Å². The van der Waals surface area contributed by atoms with Crippen molar-refractivity contribution in [2.24, 2.45) is 0 Å². The maximum atomic E-state index is 12.5. The van der Waals surface area contributed by atoms with E-state index in [1.807, 2.05) is 11.0 Å². The topological polar surface area (TPSA) is 52.4 Å². The van der Waals surface area contributed by atoms with Crippen LogP contribution >= 0.6 is 23.2 Å². The van der Waals surface area contributed by atoms with E-state index in [1.54, 1.807) is 18.2 Å². The first kappa shape index (κ1) is 21.1. The summed E-state index contributed by atoms with van der Waals surface area (Å²) in [7, 11) is 0. The molecule has 2 aliphatic rings. The van der Waals surface area contributed by atoms with Crippen molar-refractivity contribution in [3.05, 3.63) is 52.0 Å². The molecule has 2 aromatic rings. The van der Waals surface area contributed by atoms with Crippen molar-refractivity contribution in [2.75, 3.05) is 39.6 Å². The Labute approximate surface area is 186 Å². The monoisotopic (exact) mass is 451 g/mol. The van der Waals surface area contributed by atoms with Crippen LogP contribution in [0.15, 0.2) is 36.4 Å². The molecule has 2 aromatic carbocycles. The summed E-state index contributed by atoms with van der Waals surface area (Å²) in [5.41, 5.74) is 1.23. The molecular formula is C22H25Cl2N2O4+. The first-order valence-electron chi connectivity index (χ1n) is 10.2. The predicted octanol–water partition coefficient (Wildman–Crippen LogP) is 2.81. The van der Waals surface area contributed by atoms with E-state index in [0.29, 0.717) is 42.0 Å². The molecule has 1 amide bonds. The number of halogens is 2. The molecule has 2 aliphatic heterocycles. The molecule has 8 heteroatoms. The van der Waals surface area contributed by atoms with Gasteiger partial charge in [0.1, 0.15) is 12.3 Å². The van der Waals surface area contributed by atoms with E-state index in [-0.39, 0.29) is 5.91 Å². The van der Waals surface area contributed by atoms with Gasteiger partial charge in [0, 0.05) is 17.0 Å². The molecular weight excluding hydrogens is 427 g/mol. The Kier molecular flexibility index (Phi) is 6.87. The molecule has 0 aliphatic carbocycles. The average Bonchev–Trinajstić information content (AvgIpc) is 3.21. The van der Waals surface area contributed by atoms with Gasteiger partial charge in [0.15, 0.2) is 11.5 Å². The minimum Gasteiger partial charge on any atom is -0.492 e. The van der Waals surface area contributed by atoms with Gasteiger partial charge in [-0.05, 0) is 42.8 Å². The molecule has 0 aromatic heterocycles. The number of hydrogen-bond donors (Lipinski definition) is 1. The van der Waals surface area contributed by atoms with Crippen LogP contribution < -0.4 is 19.1 Å². The molecule has 160 valence electrons. The van der Waals surface area contributed by atoms with Crippen LogP contribution in [0.25, 0.3) is 0 Å². The van der Waals surface area contributed by atoms with Gasteiger partial charge in [0.05, 0.1) is 37.8 Å². The second-order valence-electron chi connectivity index (χ2n) is 7.52. The predicted molar refractivity (Wildman–Crippen MR) is 115 cm³/mol. The third-order valence-electron chi connectivity index (χ3n) is 5.40. The van der Waals surface area contributed by atoms with Gasteiger partial charge in [-0.2, -0.15) is 0 Å². The number of nitrogens with one attached hydrogen (secondary N) is 1. The molecule has 0 unspecified atom stereocenters. The molecule has 0 atom stereocenters. The van der Waals surface area contributed by atoms with Crippen LogP contribution in [0.1, 0.15) is 18.4 Å². The zero-order chi connectivity index (χ0) is 20.9. The Balaban J connectivity index is 1.16. The molecule has 4 rings (SSSR count). The number of hydrogen-bond acceptors (Lipinski definition) is 4. The summed E-state index contributed by atoms with van der Waals surface area (Å²) >= 11 is 12.0. The molecule has 1 N–H and O–H groups in total. The van der Waals surface area contributed by atoms with Crippen molar-refractivity contribution < 1.29 is 23.9 Å². The van der Waals surface area contributed by atoms with E-state index in [1.165, 1.54) is 10.5 Å². The van der Waals surface area contributed by atoms with E-state index in [0.717, 1.165) is 44.2 Å². The third-order valence-corrected chi connectivity index (χ3v) is 5.93. The van der Waals surface area contributed by atoms with Crippen LogP contribution in [0.4, 0.5) is 0 Å². The number of carbonyl (C=O) groups is 1. The minimum atomic E-state index is 0.183. The lowest BCUT2D eigenvalue weighted by Gasteiger charge is -2.32. The number of carbonyl (C=O) groups excluding carboxylic acids is 1. The van der Waals surface area contributed by atoms with E-state index >= 15 is 0 Å². The Morgan fingerprint density at radius 1 is 1.07 bits per heavy atom. The number of piperazine rings is 1. The molecule has 1 saturated heterocycles. The largest absolute Gasteiger partial charge is 0.492 e. The average molecular weight is 452 g/mol. The van der Waals surface area contributed by atoms with Gasteiger partial charge in [-0.15, -0.1) is 0 Å². The van der Waals surface area contributed by atoms with Crippen molar-refractivity contribution in [2.45, 2.75) is 19.4 Å². The molecule has 0 bridgehead atoms. The molecule has 1 fully saturated rings. The summed E-state index contributed by atoms with van der Waals surface area (Å²) in [5, 5.41) is 1.05. The van der Waals surface area contributed by atoms with Crippen LogP contribution in [0.3, 0.4) is 0 Å². The van der Waals surface area contributed by atoms with Gasteiger partial charge in [-0.25, -0.2) is 0 Å². The summed E-state index contributed by atoms with van der Waals surface area (Å²) < 4.78 is 16.5. The standard InChI is InChI=1S/C22H24Cl2N2O4/c23-17-4-6-19(18(24)13-17)28-11-1-2-22(27)26-9-7-25(8-10-26)14-16-3-5-20-21(12-16)30-15-29-20/h3-6,12-13H,1-2,7-11,14-15H2/p+1. The number of rotatable bonds is 7. The van der Waals surface area contributed by atoms with Gasteiger partial charge in [-0.3, -0.25) is 4.79 Å². The van der Waals surface area contributed by atoms with E-state index in [4.69, 9.17) is 37.4 Å². The maximum absolute atomic E-state index is 12.5. The molecule has 2 heterocycles. The quantitative estimate of drug-likeness (QED) is 0.657. The van der Waals surface area contributed by atoms with E-state index < -0.39 is 0 Å². The minimum absolute atomic E-state index is 0.183. The van der Waals surface area contributed by atoms with Gasteiger partial charge in [0.2, 0.25) is 12.7 Å². The van der Waals surface area contributed by atoms with Crippen LogP contribution in [0.5, 0.6) is 17.2 Å². The highest BCUT2D eigenvalue weighted by Crippen LogP contribution is 2.32. The Morgan fingerprint density at radius 3 is 2.67 bits per heavy atom. The van der Waals surface area contributed by atoms with E-state index in [2.05, 4.69) is 12.1 Å². The molecule has 0 spiro atoms. The molecule has 30 heavy (non-hydrogen) atoms. The molecule has 0 radical (unpaired) electrons. The highest BCUT2D eigenvalue weighted by molar-refractivity contribution is 6.35. The lowest BCUT2D eigenvalue weighted by atomic mass is 10.1. The highest BCUT2D eigenvalue weighted by atomic mass is 35.5. The number of nitrogens with zero attached hydrogens (tertiary/aromatic N) is 1. The van der Waals surface area contributed by atoms with Crippen molar-refractivity contribution in [1.29, 1.82) is 0 Å². The lowest BCUT2D eigenvalue weighted by molar-refractivity contribution is -0.917. The number of amides is 1. The van der Waals surface area contributed by atoms with Gasteiger partial charge < -0.3 is 24.0 Å².